The Hall–Kier alpha value is -0.780. The second-order valence-corrected chi connectivity index (χ2v) is 5.61. The summed E-state index contributed by atoms with van der Waals surface area (Å²) in [6, 6.07) is 0. The average molecular weight is 465 g/mol. The Bertz CT molecular complexity index is 402. The van der Waals surface area contributed by atoms with Gasteiger partial charge in [0, 0.05) is 32.1 Å². The molecule has 0 spiro atoms. The SMILES string of the molecule is CCNC(=NCCN(C)CC(F)(F)F)NCCNC(=O)C1CC1.I. The van der Waals surface area contributed by atoms with E-state index in [0.717, 1.165) is 12.8 Å². The Kier molecular flexibility index (Phi) is 11.3. The van der Waals surface area contributed by atoms with Crippen LogP contribution in [0, 0.1) is 5.92 Å². The van der Waals surface area contributed by atoms with Crippen LogP contribution in [0.1, 0.15) is 19.8 Å². The first kappa shape index (κ1) is 23.2. The molecule has 0 aromatic heterocycles. The van der Waals surface area contributed by atoms with E-state index in [-0.39, 0.29) is 48.9 Å². The quantitative estimate of drug-likeness (QED) is 0.207. The highest BCUT2D eigenvalue weighted by Crippen LogP contribution is 2.28. The van der Waals surface area contributed by atoms with Crippen molar-refractivity contribution in [3.63, 3.8) is 0 Å². The fraction of sp³-hybridized carbons (Fsp3) is 0.857. The van der Waals surface area contributed by atoms with Gasteiger partial charge in [0.15, 0.2) is 5.96 Å². The van der Waals surface area contributed by atoms with Crippen LogP contribution in [-0.2, 0) is 4.79 Å². The van der Waals surface area contributed by atoms with Crippen molar-refractivity contribution in [1.29, 1.82) is 0 Å². The monoisotopic (exact) mass is 465 g/mol. The molecule has 0 aromatic carbocycles. The van der Waals surface area contributed by atoms with Gasteiger partial charge in [0.25, 0.3) is 0 Å². The zero-order valence-corrected chi connectivity index (χ0v) is 16.4. The molecule has 24 heavy (non-hydrogen) atoms. The molecule has 0 bridgehead atoms. The summed E-state index contributed by atoms with van der Waals surface area (Å²) in [5.41, 5.74) is 0. The van der Waals surface area contributed by atoms with Crippen molar-refractivity contribution in [2.45, 2.75) is 25.9 Å². The zero-order valence-electron chi connectivity index (χ0n) is 14.1. The van der Waals surface area contributed by atoms with Gasteiger partial charge in [-0.1, -0.05) is 0 Å². The second kappa shape index (κ2) is 11.7. The van der Waals surface area contributed by atoms with E-state index in [1.54, 1.807) is 0 Å². The van der Waals surface area contributed by atoms with Crippen LogP contribution in [0.3, 0.4) is 0 Å². The summed E-state index contributed by atoms with van der Waals surface area (Å²) in [6.45, 7) is 3.10. The maximum Gasteiger partial charge on any atom is 0.401 e. The fourth-order valence-corrected chi connectivity index (χ4v) is 1.92. The van der Waals surface area contributed by atoms with Crippen LogP contribution in [-0.4, -0.2) is 69.3 Å². The third-order valence-electron chi connectivity index (χ3n) is 3.21. The third kappa shape index (κ3) is 11.7. The lowest BCUT2D eigenvalue weighted by Crippen LogP contribution is -2.42. The number of hydrogen-bond acceptors (Lipinski definition) is 3. The standard InChI is InChI=1S/C14H26F3N5O.HI/c1-3-18-13(20-7-6-19-12(23)11-4-5-11)21-8-9-22(2)10-14(15,16)17;/h11H,3-10H2,1-2H3,(H,19,23)(H2,18,20,21);1H. The summed E-state index contributed by atoms with van der Waals surface area (Å²) in [5, 5.41) is 8.88. The molecule has 0 saturated heterocycles. The number of alkyl halides is 3. The summed E-state index contributed by atoms with van der Waals surface area (Å²) in [7, 11) is 1.41. The lowest BCUT2D eigenvalue weighted by molar-refractivity contribution is -0.142. The number of guanidine groups is 1. The highest BCUT2D eigenvalue weighted by atomic mass is 127. The van der Waals surface area contributed by atoms with Crippen LogP contribution in [0.2, 0.25) is 0 Å². The molecule has 1 rings (SSSR count). The zero-order chi connectivity index (χ0) is 17.3. The van der Waals surface area contributed by atoms with E-state index >= 15 is 0 Å². The summed E-state index contributed by atoms with van der Waals surface area (Å²) < 4.78 is 36.6. The van der Waals surface area contributed by atoms with Gasteiger partial charge >= 0.3 is 6.18 Å². The number of rotatable bonds is 9. The molecule has 0 aromatic rings. The number of hydrogen-bond donors (Lipinski definition) is 3. The topological polar surface area (TPSA) is 68.8 Å². The highest BCUT2D eigenvalue weighted by Gasteiger charge is 2.29. The highest BCUT2D eigenvalue weighted by molar-refractivity contribution is 14.0. The number of nitrogens with zero attached hydrogens (tertiary/aromatic N) is 2. The molecular weight excluding hydrogens is 438 g/mol. The normalized spacial score (nSPS) is 15.0. The molecule has 0 heterocycles. The number of nitrogens with one attached hydrogen (secondary N) is 3. The van der Waals surface area contributed by atoms with E-state index in [0.29, 0.717) is 25.6 Å². The van der Waals surface area contributed by atoms with Crippen LogP contribution in [0.15, 0.2) is 4.99 Å². The van der Waals surface area contributed by atoms with Gasteiger partial charge in [-0.05, 0) is 26.8 Å². The van der Waals surface area contributed by atoms with E-state index in [9.17, 15) is 18.0 Å². The Morgan fingerprint density at radius 1 is 1.21 bits per heavy atom. The fourth-order valence-electron chi connectivity index (χ4n) is 1.92. The Morgan fingerprint density at radius 3 is 2.38 bits per heavy atom. The van der Waals surface area contributed by atoms with Crippen LogP contribution in [0.5, 0.6) is 0 Å². The molecule has 0 atom stereocenters. The molecule has 1 amide bonds. The first-order chi connectivity index (χ1) is 10.8. The minimum Gasteiger partial charge on any atom is -0.357 e. The Labute approximate surface area is 158 Å². The number of carbonyl (C=O) groups is 1. The van der Waals surface area contributed by atoms with Gasteiger partial charge in [0.05, 0.1) is 13.1 Å². The van der Waals surface area contributed by atoms with Crippen molar-refractivity contribution in [1.82, 2.24) is 20.9 Å². The van der Waals surface area contributed by atoms with Crippen LogP contribution >= 0.6 is 24.0 Å². The molecule has 0 unspecified atom stereocenters. The third-order valence-corrected chi connectivity index (χ3v) is 3.21. The summed E-state index contributed by atoms with van der Waals surface area (Å²) >= 11 is 0. The molecule has 0 aliphatic heterocycles. The first-order valence-electron chi connectivity index (χ1n) is 7.87. The predicted octanol–water partition coefficient (Wildman–Crippen LogP) is 1.18. The molecule has 142 valence electrons. The van der Waals surface area contributed by atoms with E-state index in [1.807, 2.05) is 6.92 Å². The number of carbonyl (C=O) groups excluding carboxylic acids is 1. The van der Waals surface area contributed by atoms with Crippen molar-refractivity contribution in [2.75, 3.05) is 46.3 Å². The van der Waals surface area contributed by atoms with Gasteiger partial charge in [-0.25, -0.2) is 0 Å². The number of aliphatic imine (C=N–C) groups is 1. The molecule has 1 aliphatic rings. The van der Waals surface area contributed by atoms with Crippen molar-refractivity contribution >= 4 is 35.8 Å². The maximum atomic E-state index is 12.2. The van der Waals surface area contributed by atoms with Gasteiger partial charge in [0.1, 0.15) is 0 Å². The predicted molar refractivity (Wildman–Crippen MR) is 98.7 cm³/mol. The molecule has 1 aliphatic carbocycles. The van der Waals surface area contributed by atoms with Crippen molar-refractivity contribution in [3.8, 4) is 0 Å². The number of halogens is 4. The van der Waals surface area contributed by atoms with Gasteiger partial charge in [-0.2, -0.15) is 13.2 Å². The summed E-state index contributed by atoms with van der Waals surface area (Å²) in [6.07, 6.45) is -2.26. The van der Waals surface area contributed by atoms with E-state index in [1.165, 1.54) is 11.9 Å². The minimum atomic E-state index is -4.19. The maximum absolute atomic E-state index is 12.2. The van der Waals surface area contributed by atoms with Crippen molar-refractivity contribution < 1.29 is 18.0 Å². The smallest absolute Gasteiger partial charge is 0.357 e. The molecule has 10 heteroatoms. The van der Waals surface area contributed by atoms with E-state index < -0.39 is 12.7 Å². The summed E-state index contributed by atoms with van der Waals surface area (Å²) in [5.74, 6) is 0.803. The van der Waals surface area contributed by atoms with Gasteiger partial charge in [-0.3, -0.25) is 14.7 Å². The van der Waals surface area contributed by atoms with Crippen LogP contribution < -0.4 is 16.0 Å². The average Bonchev–Trinajstić information content (AvgIpc) is 3.25. The Morgan fingerprint density at radius 2 is 1.83 bits per heavy atom. The van der Waals surface area contributed by atoms with Gasteiger partial charge in [0.2, 0.25) is 5.91 Å². The molecule has 6 nitrogen and oxygen atoms in total. The Balaban J connectivity index is 0.00000529. The summed E-state index contributed by atoms with van der Waals surface area (Å²) in [4.78, 5) is 16.9. The molecular formula is C14H27F3IN5O. The van der Waals surface area contributed by atoms with Gasteiger partial charge in [-0.15, -0.1) is 24.0 Å². The molecule has 0 radical (unpaired) electrons. The molecule has 1 saturated carbocycles. The molecule has 3 N–H and O–H groups in total. The minimum absolute atomic E-state index is 0. The second-order valence-electron chi connectivity index (χ2n) is 5.61. The largest absolute Gasteiger partial charge is 0.401 e. The number of likely N-dealkylation sites (N-methyl/N-ethyl adjacent to an activating group) is 1. The van der Waals surface area contributed by atoms with Crippen molar-refractivity contribution in [3.05, 3.63) is 0 Å². The lowest BCUT2D eigenvalue weighted by Gasteiger charge is -2.18. The van der Waals surface area contributed by atoms with E-state index in [2.05, 4.69) is 20.9 Å². The van der Waals surface area contributed by atoms with Crippen molar-refractivity contribution in [2.24, 2.45) is 10.9 Å². The number of amides is 1. The van der Waals surface area contributed by atoms with Crippen LogP contribution in [0.25, 0.3) is 0 Å². The van der Waals surface area contributed by atoms with Crippen LogP contribution in [0.4, 0.5) is 13.2 Å². The van der Waals surface area contributed by atoms with Gasteiger partial charge < -0.3 is 16.0 Å². The first-order valence-corrected chi connectivity index (χ1v) is 7.87. The lowest BCUT2D eigenvalue weighted by atomic mass is 10.4. The van der Waals surface area contributed by atoms with E-state index in [4.69, 9.17) is 0 Å². The molecule has 1 fully saturated rings.